The third kappa shape index (κ3) is 4.63. The average molecular weight is 236 g/mol. The fraction of sp³-hybridized carbons (Fsp3) is 0.417. The van der Waals surface area contributed by atoms with E-state index in [1.807, 2.05) is 18.2 Å². The van der Waals surface area contributed by atoms with Crippen LogP contribution in [0, 0.1) is 0 Å². The van der Waals surface area contributed by atoms with Crippen LogP contribution in [0.4, 0.5) is 0 Å². The van der Waals surface area contributed by atoms with E-state index in [-0.39, 0.29) is 12.3 Å². The fourth-order valence-electron chi connectivity index (χ4n) is 1.28. The molecule has 1 heterocycles. The highest BCUT2D eigenvalue weighted by atomic mass is 16.5. The van der Waals surface area contributed by atoms with Gasteiger partial charge in [-0.1, -0.05) is 6.07 Å². The van der Waals surface area contributed by atoms with E-state index in [9.17, 15) is 9.59 Å². The van der Waals surface area contributed by atoms with Gasteiger partial charge in [0.1, 0.15) is 6.42 Å². The summed E-state index contributed by atoms with van der Waals surface area (Å²) < 4.78 is 4.44. The van der Waals surface area contributed by atoms with Gasteiger partial charge in [0.25, 0.3) is 0 Å². The van der Waals surface area contributed by atoms with Crippen molar-refractivity contribution in [2.24, 2.45) is 0 Å². The van der Waals surface area contributed by atoms with Crippen LogP contribution in [0.1, 0.15) is 12.1 Å². The van der Waals surface area contributed by atoms with Crippen molar-refractivity contribution < 1.29 is 14.3 Å². The Bertz CT molecular complexity index is 379. The molecule has 92 valence electrons. The van der Waals surface area contributed by atoms with Crippen LogP contribution in [0.2, 0.25) is 0 Å². The molecule has 0 aliphatic rings. The molecule has 0 N–H and O–H groups in total. The zero-order chi connectivity index (χ0) is 12.7. The smallest absolute Gasteiger partial charge is 0.315 e. The Morgan fingerprint density at radius 2 is 2.18 bits per heavy atom. The number of hydrogen-bond acceptors (Lipinski definition) is 4. The largest absolute Gasteiger partial charge is 0.469 e. The van der Waals surface area contributed by atoms with Crippen LogP contribution < -0.4 is 0 Å². The van der Waals surface area contributed by atoms with E-state index in [0.717, 1.165) is 5.69 Å². The Morgan fingerprint density at radius 1 is 1.41 bits per heavy atom. The van der Waals surface area contributed by atoms with Crippen molar-refractivity contribution in [3.63, 3.8) is 0 Å². The number of ether oxygens (including phenoxy) is 1. The highest BCUT2D eigenvalue weighted by molar-refractivity contribution is 5.94. The van der Waals surface area contributed by atoms with Crippen LogP contribution in [-0.4, -0.2) is 42.5 Å². The molecule has 0 radical (unpaired) electrons. The first-order chi connectivity index (χ1) is 8.13. The number of nitrogens with zero attached hydrogens (tertiary/aromatic N) is 2. The maximum absolute atomic E-state index is 11.5. The lowest BCUT2D eigenvalue weighted by Crippen LogP contribution is -2.30. The molecule has 0 saturated heterocycles. The molecular weight excluding hydrogens is 220 g/mol. The van der Waals surface area contributed by atoms with Crippen molar-refractivity contribution in [3.8, 4) is 0 Å². The molecule has 1 aromatic rings. The maximum Gasteiger partial charge on any atom is 0.315 e. The number of methoxy groups -OCH3 is 1. The molecule has 1 aromatic heterocycles. The van der Waals surface area contributed by atoms with Gasteiger partial charge in [0.05, 0.1) is 7.11 Å². The second-order valence-corrected chi connectivity index (χ2v) is 3.64. The minimum absolute atomic E-state index is 0.213. The van der Waals surface area contributed by atoms with Gasteiger partial charge < -0.3 is 9.64 Å². The SMILES string of the molecule is COC(=O)CC(=O)N(C)CCc1ccccn1. The predicted molar refractivity (Wildman–Crippen MR) is 62.2 cm³/mol. The van der Waals surface area contributed by atoms with Crippen molar-refractivity contribution in [3.05, 3.63) is 30.1 Å². The van der Waals surface area contributed by atoms with Crippen molar-refractivity contribution in [1.82, 2.24) is 9.88 Å². The lowest BCUT2D eigenvalue weighted by molar-refractivity contribution is -0.146. The molecule has 0 aliphatic heterocycles. The first-order valence-electron chi connectivity index (χ1n) is 5.34. The molecule has 5 nitrogen and oxygen atoms in total. The number of hydrogen-bond donors (Lipinski definition) is 0. The number of esters is 1. The number of pyridine rings is 1. The lowest BCUT2D eigenvalue weighted by Gasteiger charge is -2.16. The third-order valence-corrected chi connectivity index (χ3v) is 2.38. The van der Waals surface area contributed by atoms with Gasteiger partial charge in [-0.3, -0.25) is 14.6 Å². The van der Waals surface area contributed by atoms with E-state index in [1.54, 1.807) is 13.2 Å². The molecule has 17 heavy (non-hydrogen) atoms. The van der Waals surface area contributed by atoms with E-state index in [1.165, 1.54) is 12.0 Å². The number of likely N-dealkylation sites (N-methyl/N-ethyl adjacent to an activating group) is 1. The topological polar surface area (TPSA) is 59.5 Å². The summed E-state index contributed by atoms with van der Waals surface area (Å²) in [5.74, 6) is -0.757. The lowest BCUT2D eigenvalue weighted by atomic mass is 10.2. The molecule has 0 bridgehead atoms. The second-order valence-electron chi connectivity index (χ2n) is 3.64. The van der Waals surface area contributed by atoms with Gasteiger partial charge in [-0.15, -0.1) is 0 Å². The van der Waals surface area contributed by atoms with Gasteiger partial charge in [-0.05, 0) is 12.1 Å². The molecule has 1 rings (SSSR count). The standard InChI is InChI=1S/C12H16N2O3/c1-14(11(15)9-12(16)17-2)8-6-10-5-3-4-7-13-10/h3-5,7H,6,8-9H2,1-2H3. The molecule has 0 aromatic carbocycles. The Labute approximate surface area is 100 Å². The minimum Gasteiger partial charge on any atom is -0.469 e. The number of rotatable bonds is 5. The monoisotopic (exact) mass is 236 g/mol. The first kappa shape index (κ1) is 13.2. The number of amides is 1. The van der Waals surface area contributed by atoms with Crippen LogP contribution in [-0.2, 0) is 20.7 Å². The van der Waals surface area contributed by atoms with E-state index in [0.29, 0.717) is 13.0 Å². The van der Waals surface area contributed by atoms with Crippen molar-refractivity contribution in [1.29, 1.82) is 0 Å². The summed E-state index contributed by atoms with van der Waals surface area (Å²) in [5.41, 5.74) is 0.921. The number of carbonyl (C=O) groups excluding carboxylic acids is 2. The van der Waals surface area contributed by atoms with Crippen LogP contribution in [0.25, 0.3) is 0 Å². The Kier molecular flexibility index (Phi) is 5.13. The molecule has 1 amide bonds. The highest BCUT2D eigenvalue weighted by Gasteiger charge is 2.13. The minimum atomic E-state index is -0.514. The molecule has 0 aliphatic carbocycles. The van der Waals surface area contributed by atoms with Gasteiger partial charge >= 0.3 is 5.97 Å². The summed E-state index contributed by atoms with van der Waals surface area (Å²) in [7, 11) is 2.93. The van der Waals surface area contributed by atoms with Crippen molar-refractivity contribution >= 4 is 11.9 Å². The Morgan fingerprint density at radius 3 is 2.76 bits per heavy atom. The second kappa shape index (κ2) is 6.62. The zero-order valence-corrected chi connectivity index (χ0v) is 10.0. The molecule has 0 saturated carbocycles. The molecule has 0 spiro atoms. The van der Waals surface area contributed by atoms with Gasteiger partial charge in [0.15, 0.2) is 0 Å². The van der Waals surface area contributed by atoms with Crippen molar-refractivity contribution in [2.45, 2.75) is 12.8 Å². The predicted octanol–water partition coefficient (Wildman–Crippen LogP) is 0.646. The highest BCUT2D eigenvalue weighted by Crippen LogP contribution is 1.98. The van der Waals surface area contributed by atoms with Gasteiger partial charge in [-0.25, -0.2) is 0 Å². The maximum atomic E-state index is 11.5. The summed E-state index contributed by atoms with van der Waals surface area (Å²) in [6.07, 6.45) is 2.17. The molecule has 0 unspecified atom stereocenters. The van der Waals surface area contributed by atoms with E-state index >= 15 is 0 Å². The Balaban J connectivity index is 2.37. The van der Waals surface area contributed by atoms with E-state index in [2.05, 4.69) is 9.72 Å². The fourth-order valence-corrected chi connectivity index (χ4v) is 1.28. The molecule has 5 heteroatoms. The number of carbonyl (C=O) groups is 2. The van der Waals surface area contributed by atoms with Crippen LogP contribution in [0.15, 0.2) is 24.4 Å². The zero-order valence-electron chi connectivity index (χ0n) is 10.0. The Hall–Kier alpha value is -1.91. The van der Waals surface area contributed by atoms with E-state index < -0.39 is 5.97 Å². The van der Waals surface area contributed by atoms with E-state index in [4.69, 9.17) is 0 Å². The van der Waals surface area contributed by atoms with Crippen LogP contribution in [0.5, 0.6) is 0 Å². The third-order valence-electron chi connectivity index (χ3n) is 2.38. The summed E-state index contributed by atoms with van der Waals surface area (Å²) in [6, 6.07) is 5.65. The number of aromatic nitrogens is 1. The first-order valence-corrected chi connectivity index (χ1v) is 5.34. The quantitative estimate of drug-likeness (QED) is 0.556. The van der Waals surface area contributed by atoms with Gasteiger partial charge in [0.2, 0.25) is 5.91 Å². The summed E-state index contributed by atoms with van der Waals surface area (Å²) >= 11 is 0. The van der Waals surface area contributed by atoms with Crippen LogP contribution in [0.3, 0.4) is 0 Å². The molecule has 0 fully saturated rings. The summed E-state index contributed by atoms with van der Waals surface area (Å²) in [5, 5.41) is 0. The van der Waals surface area contributed by atoms with Crippen LogP contribution >= 0.6 is 0 Å². The molecular formula is C12H16N2O3. The average Bonchev–Trinajstić information content (AvgIpc) is 2.36. The molecule has 0 atom stereocenters. The summed E-state index contributed by atoms with van der Waals surface area (Å²) in [6.45, 7) is 0.535. The van der Waals surface area contributed by atoms with Crippen molar-refractivity contribution in [2.75, 3.05) is 20.7 Å². The van der Waals surface area contributed by atoms with Gasteiger partial charge in [-0.2, -0.15) is 0 Å². The normalized spacial score (nSPS) is 9.76. The van der Waals surface area contributed by atoms with Gasteiger partial charge in [0, 0.05) is 31.9 Å². The summed E-state index contributed by atoms with van der Waals surface area (Å²) in [4.78, 5) is 28.1.